The number of nitrogens with two attached hydrogens (primary N) is 1. The van der Waals surface area contributed by atoms with E-state index < -0.39 is 0 Å². The zero-order valence-electron chi connectivity index (χ0n) is 10.4. The fourth-order valence-corrected chi connectivity index (χ4v) is 1.83. The maximum atomic E-state index is 11.9. The predicted octanol–water partition coefficient (Wildman–Crippen LogP) is 2.06. The van der Waals surface area contributed by atoms with Crippen LogP contribution >= 0.6 is 15.9 Å². The third-order valence-corrected chi connectivity index (χ3v) is 3.21. The van der Waals surface area contributed by atoms with Crippen molar-refractivity contribution in [2.24, 2.45) is 0 Å². The van der Waals surface area contributed by atoms with Crippen molar-refractivity contribution >= 4 is 27.5 Å². The first-order valence-corrected chi connectivity index (χ1v) is 6.46. The molecule has 0 fully saturated rings. The number of amides is 1. The third kappa shape index (κ3) is 3.51. The summed E-state index contributed by atoms with van der Waals surface area (Å²) in [6.07, 6.45) is 3.32. The van der Waals surface area contributed by atoms with Crippen LogP contribution in [0.4, 0.5) is 5.69 Å². The zero-order chi connectivity index (χ0) is 13.8. The number of hydrogen-bond donors (Lipinski definition) is 2. The van der Waals surface area contributed by atoms with Gasteiger partial charge in [-0.15, -0.1) is 0 Å². The number of aromatic nitrogens is 2. The van der Waals surface area contributed by atoms with Crippen molar-refractivity contribution in [3.8, 4) is 0 Å². The lowest BCUT2D eigenvalue weighted by molar-refractivity contribution is 0.0950. The molecule has 2 aromatic rings. The number of hydrogen-bond acceptors (Lipinski definition) is 4. The highest BCUT2D eigenvalue weighted by molar-refractivity contribution is 9.10. The second-order valence-corrected chi connectivity index (χ2v) is 4.92. The molecule has 0 aliphatic carbocycles. The molecule has 19 heavy (non-hydrogen) atoms. The highest BCUT2D eigenvalue weighted by Crippen LogP contribution is 2.20. The van der Waals surface area contributed by atoms with E-state index in [1.807, 2.05) is 6.92 Å². The first-order valence-electron chi connectivity index (χ1n) is 5.67. The quantitative estimate of drug-likeness (QED) is 0.848. The monoisotopic (exact) mass is 320 g/mol. The Bertz CT molecular complexity index is 598. The van der Waals surface area contributed by atoms with E-state index in [0.29, 0.717) is 28.0 Å². The fraction of sp³-hybridized carbons (Fsp3) is 0.154. The third-order valence-electron chi connectivity index (χ3n) is 2.53. The lowest BCUT2D eigenvalue weighted by Gasteiger charge is -2.06. The van der Waals surface area contributed by atoms with Gasteiger partial charge in [0.15, 0.2) is 0 Å². The molecule has 0 aliphatic rings. The van der Waals surface area contributed by atoms with Crippen molar-refractivity contribution in [2.45, 2.75) is 13.5 Å². The van der Waals surface area contributed by atoms with Crippen LogP contribution in [0, 0.1) is 6.92 Å². The Kier molecular flexibility index (Phi) is 4.11. The van der Waals surface area contributed by atoms with Gasteiger partial charge in [-0.25, -0.2) is 0 Å². The predicted molar refractivity (Wildman–Crippen MR) is 76.5 cm³/mol. The number of carbonyl (C=O) groups is 1. The summed E-state index contributed by atoms with van der Waals surface area (Å²) in [7, 11) is 0. The fourth-order valence-electron chi connectivity index (χ4n) is 1.45. The van der Waals surface area contributed by atoms with Gasteiger partial charge in [-0.1, -0.05) is 0 Å². The first kappa shape index (κ1) is 13.5. The van der Waals surface area contributed by atoms with Gasteiger partial charge in [-0.2, -0.15) is 0 Å². The van der Waals surface area contributed by atoms with Gasteiger partial charge in [-0.05, 0) is 41.1 Å². The molecule has 0 bridgehead atoms. The Hall–Kier alpha value is -1.95. The maximum absolute atomic E-state index is 11.9. The van der Waals surface area contributed by atoms with Crippen LogP contribution < -0.4 is 11.1 Å². The van der Waals surface area contributed by atoms with E-state index in [-0.39, 0.29) is 5.91 Å². The zero-order valence-corrected chi connectivity index (χ0v) is 11.9. The molecule has 98 valence electrons. The minimum absolute atomic E-state index is 0.178. The number of rotatable bonds is 3. The van der Waals surface area contributed by atoms with Gasteiger partial charge < -0.3 is 11.1 Å². The van der Waals surface area contributed by atoms with Gasteiger partial charge in [0, 0.05) is 21.9 Å². The Morgan fingerprint density at radius 2 is 2.16 bits per heavy atom. The van der Waals surface area contributed by atoms with Crippen LogP contribution in [0.2, 0.25) is 0 Å². The summed E-state index contributed by atoms with van der Waals surface area (Å²) in [6.45, 7) is 2.20. The molecule has 2 rings (SSSR count). The lowest BCUT2D eigenvalue weighted by Crippen LogP contribution is -2.23. The standard InChI is InChI=1S/C13H13BrN4O/c1-8-5-17-10(6-16-8)7-18-13(19)9-2-3-12(15)11(14)4-9/h2-6H,7,15H2,1H3,(H,18,19). The Balaban J connectivity index is 2.01. The molecule has 1 aromatic carbocycles. The van der Waals surface area contributed by atoms with E-state index in [4.69, 9.17) is 5.73 Å². The maximum Gasteiger partial charge on any atom is 0.251 e. The smallest absolute Gasteiger partial charge is 0.251 e. The minimum atomic E-state index is -0.178. The summed E-state index contributed by atoms with van der Waals surface area (Å²) in [5.41, 5.74) is 8.37. The molecule has 1 aromatic heterocycles. The number of halogens is 1. The van der Waals surface area contributed by atoms with Crippen molar-refractivity contribution in [1.29, 1.82) is 0 Å². The van der Waals surface area contributed by atoms with Crippen LogP contribution in [0.3, 0.4) is 0 Å². The number of aryl methyl sites for hydroxylation is 1. The van der Waals surface area contributed by atoms with E-state index in [0.717, 1.165) is 5.69 Å². The summed E-state index contributed by atoms with van der Waals surface area (Å²) >= 11 is 3.29. The number of benzene rings is 1. The molecular weight excluding hydrogens is 308 g/mol. The van der Waals surface area contributed by atoms with Gasteiger partial charge in [0.05, 0.1) is 24.1 Å². The van der Waals surface area contributed by atoms with Crippen molar-refractivity contribution in [2.75, 3.05) is 5.73 Å². The number of nitrogens with one attached hydrogen (secondary N) is 1. The second kappa shape index (κ2) is 5.79. The van der Waals surface area contributed by atoms with Gasteiger partial charge >= 0.3 is 0 Å². The van der Waals surface area contributed by atoms with E-state index in [1.165, 1.54) is 0 Å². The Labute approximate surface area is 119 Å². The summed E-state index contributed by atoms with van der Waals surface area (Å²) in [5, 5.41) is 2.78. The second-order valence-electron chi connectivity index (χ2n) is 4.07. The van der Waals surface area contributed by atoms with E-state index in [9.17, 15) is 4.79 Å². The molecule has 0 saturated heterocycles. The number of carbonyl (C=O) groups excluding carboxylic acids is 1. The molecule has 0 atom stereocenters. The average Bonchev–Trinajstić information content (AvgIpc) is 2.41. The van der Waals surface area contributed by atoms with E-state index >= 15 is 0 Å². The lowest BCUT2D eigenvalue weighted by atomic mass is 10.2. The van der Waals surface area contributed by atoms with Crippen molar-refractivity contribution in [3.05, 3.63) is 52.0 Å². The van der Waals surface area contributed by atoms with Crippen molar-refractivity contribution in [1.82, 2.24) is 15.3 Å². The van der Waals surface area contributed by atoms with Gasteiger partial charge in [0.1, 0.15) is 0 Å². The summed E-state index contributed by atoms with van der Waals surface area (Å²) in [4.78, 5) is 20.2. The average molecular weight is 321 g/mol. The van der Waals surface area contributed by atoms with Crippen LogP contribution in [0.15, 0.2) is 35.1 Å². The van der Waals surface area contributed by atoms with E-state index in [1.54, 1.807) is 30.6 Å². The Morgan fingerprint density at radius 1 is 1.37 bits per heavy atom. The number of nitrogens with zero attached hydrogens (tertiary/aromatic N) is 2. The number of nitrogen functional groups attached to an aromatic ring is 1. The summed E-state index contributed by atoms with van der Waals surface area (Å²) < 4.78 is 0.704. The molecule has 1 amide bonds. The molecule has 0 radical (unpaired) electrons. The van der Waals surface area contributed by atoms with Crippen LogP contribution in [-0.4, -0.2) is 15.9 Å². The van der Waals surface area contributed by atoms with Crippen LogP contribution in [0.25, 0.3) is 0 Å². The van der Waals surface area contributed by atoms with Crippen molar-refractivity contribution < 1.29 is 4.79 Å². The van der Waals surface area contributed by atoms with Crippen LogP contribution in [-0.2, 0) is 6.54 Å². The first-order chi connectivity index (χ1) is 9.06. The topological polar surface area (TPSA) is 80.9 Å². The molecule has 1 heterocycles. The molecule has 0 saturated carbocycles. The van der Waals surface area contributed by atoms with Crippen LogP contribution in [0.1, 0.15) is 21.7 Å². The molecular formula is C13H13BrN4O. The number of anilines is 1. The van der Waals surface area contributed by atoms with Crippen molar-refractivity contribution in [3.63, 3.8) is 0 Å². The molecule has 0 spiro atoms. The molecule has 6 heteroatoms. The SMILES string of the molecule is Cc1cnc(CNC(=O)c2ccc(N)c(Br)c2)cn1. The van der Waals surface area contributed by atoms with E-state index in [2.05, 4.69) is 31.2 Å². The summed E-state index contributed by atoms with van der Waals surface area (Å²) in [6, 6.07) is 5.05. The highest BCUT2D eigenvalue weighted by Gasteiger charge is 2.07. The Morgan fingerprint density at radius 3 is 2.79 bits per heavy atom. The normalized spacial score (nSPS) is 10.2. The highest BCUT2D eigenvalue weighted by atomic mass is 79.9. The molecule has 0 aliphatic heterocycles. The molecule has 3 N–H and O–H groups in total. The van der Waals surface area contributed by atoms with Crippen LogP contribution in [0.5, 0.6) is 0 Å². The molecule has 5 nitrogen and oxygen atoms in total. The summed E-state index contributed by atoms with van der Waals surface area (Å²) in [5.74, 6) is -0.178. The largest absolute Gasteiger partial charge is 0.398 e. The van der Waals surface area contributed by atoms with Gasteiger partial charge in [-0.3, -0.25) is 14.8 Å². The minimum Gasteiger partial charge on any atom is -0.398 e. The molecule has 0 unspecified atom stereocenters. The van der Waals surface area contributed by atoms with Gasteiger partial charge in [0.25, 0.3) is 5.91 Å². The van der Waals surface area contributed by atoms with Gasteiger partial charge in [0.2, 0.25) is 0 Å².